The molecule has 0 spiro atoms. The molecule has 17 rings (SSSR count). The lowest BCUT2D eigenvalue weighted by atomic mass is 9.83. The Bertz CT molecular complexity index is 5310. The van der Waals surface area contributed by atoms with Gasteiger partial charge in [-0.05, 0) is 188 Å². The summed E-state index contributed by atoms with van der Waals surface area (Å²) in [6, 6.07) is 120. The highest BCUT2D eigenvalue weighted by molar-refractivity contribution is 6.26. The SMILES string of the molecule is CC.c1ccc(-c2ccc3cc(-c4c5ccccc5c(-c5cccc6ccccc56)c5ccccc45)ccc3c2)cc1.c1ccc2cc(-c3ccc(-c4c5ccccc5c(-c5ccc6ccccc6c5)c5ccccc45)c4ccccc34)ccc2c1. The van der Waals surface area contributed by atoms with Crippen LogP contribution in [0.4, 0.5) is 0 Å². The van der Waals surface area contributed by atoms with Gasteiger partial charge in [0, 0.05) is 0 Å². The summed E-state index contributed by atoms with van der Waals surface area (Å²) in [5.74, 6) is 0. The molecule has 0 atom stereocenters. The highest BCUT2D eigenvalue weighted by Gasteiger charge is 2.21. The molecular formula is C86H60. The van der Waals surface area contributed by atoms with E-state index in [2.05, 4.69) is 328 Å². The number of rotatable bonds is 6. The van der Waals surface area contributed by atoms with E-state index >= 15 is 0 Å². The van der Waals surface area contributed by atoms with E-state index in [1.165, 1.54) is 164 Å². The van der Waals surface area contributed by atoms with Crippen molar-refractivity contribution < 1.29 is 0 Å². The number of hydrogen-bond donors (Lipinski definition) is 0. The van der Waals surface area contributed by atoms with Gasteiger partial charge in [-0.1, -0.05) is 317 Å². The third-order valence-electron chi connectivity index (χ3n) is 17.4. The summed E-state index contributed by atoms with van der Waals surface area (Å²) in [7, 11) is 0. The fourth-order valence-electron chi connectivity index (χ4n) is 13.6. The highest BCUT2D eigenvalue weighted by Crippen LogP contribution is 2.49. The number of fused-ring (bicyclic) bond motifs is 9. The summed E-state index contributed by atoms with van der Waals surface area (Å²) in [5, 5.41) is 22.9. The second kappa shape index (κ2) is 22.3. The number of hydrogen-bond acceptors (Lipinski definition) is 0. The number of benzene rings is 17. The molecule has 0 N–H and O–H groups in total. The van der Waals surface area contributed by atoms with Crippen LogP contribution in [0.25, 0.3) is 164 Å². The van der Waals surface area contributed by atoms with Crippen molar-refractivity contribution in [2.45, 2.75) is 13.8 Å². The van der Waals surface area contributed by atoms with Gasteiger partial charge in [-0.3, -0.25) is 0 Å². The fraction of sp³-hybridized carbons (Fsp3) is 0.0233. The van der Waals surface area contributed by atoms with Crippen molar-refractivity contribution in [2.75, 3.05) is 0 Å². The van der Waals surface area contributed by atoms with Crippen molar-refractivity contribution in [1.29, 1.82) is 0 Å². The molecule has 0 heteroatoms. The molecule has 17 aromatic carbocycles. The minimum absolute atomic E-state index is 1.24. The summed E-state index contributed by atoms with van der Waals surface area (Å²) in [4.78, 5) is 0. The second-order valence-corrected chi connectivity index (χ2v) is 22.2. The van der Waals surface area contributed by atoms with Crippen molar-refractivity contribution >= 4 is 97.0 Å². The molecule has 0 nitrogen and oxygen atoms in total. The van der Waals surface area contributed by atoms with Gasteiger partial charge in [0.15, 0.2) is 0 Å². The van der Waals surface area contributed by atoms with E-state index in [1.54, 1.807) is 0 Å². The van der Waals surface area contributed by atoms with E-state index in [9.17, 15) is 0 Å². The molecule has 404 valence electrons. The molecule has 0 heterocycles. The Morgan fingerprint density at radius 2 is 0.430 bits per heavy atom. The van der Waals surface area contributed by atoms with Crippen LogP contribution in [0.15, 0.2) is 328 Å². The molecule has 0 aliphatic carbocycles. The van der Waals surface area contributed by atoms with Gasteiger partial charge in [0.05, 0.1) is 0 Å². The summed E-state index contributed by atoms with van der Waals surface area (Å²) < 4.78 is 0. The van der Waals surface area contributed by atoms with Gasteiger partial charge in [0.2, 0.25) is 0 Å². The zero-order chi connectivity index (χ0) is 57.5. The van der Waals surface area contributed by atoms with Crippen molar-refractivity contribution in [2.24, 2.45) is 0 Å². The third kappa shape index (κ3) is 9.12. The maximum Gasteiger partial charge on any atom is -0.00201 e. The molecule has 0 fully saturated rings. The Balaban J connectivity index is 0.000000142. The summed E-state index contributed by atoms with van der Waals surface area (Å²) >= 11 is 0. The molecular weight excluding hydrogens is 1030 g/mol. The van der Waals surface area contributed by atoms with Crippen LogP contribution in [0, 0.1) is 0 Å². The molecule has 17 aromatic rings. The molecule has 0 saturated heterocycles. The first-order valence-corrected chi connectivity index (χ1v) is 30.1. The topological polar surface area (TPSA) is 0 Å². The van der Waals surface area contributed by atoms with E-state index in [0.29, 0.717) is 0 Å². The van der Waals surface area contributed by atoms with Gasteiger partial charge >= 0.3 is 0 Å². The van der Waals surface area contributed by atoms with Crippen molar-refractivity contribution in [3.63, 3.8) is 0 Å². The Labute approximate surface area is 502 Å². The first-order valence-electron chi connectivity index (χ1n) is 30.1. The molecule has 86 heavy (non-hydrogen) atoms. The molecule has 0 aliphatic rings. The lowest BCUT2D eigenvalue weighted by Gasteiger charge is -2.20. The van der Waals surface area contributed by atoms with Crippen LogP contribution < -0.4 is 0 Å². The van der Waals surface area contributed by atoms with Crippen LogP contribution in [-0.2, 0) is 0 Å². The zero-order valence-corrected chi connectivity index (χ0v) is 48.2. The summed E-state index contributed by atoms with van der Waals surface area (Å²) in [5.41, 5.74) is 15.2. The minimum atomic E-state index is 1.24. The van der Waals surface area contributed by atoms with Crippen molar-refractivity contribution in [3.8, 4) is 66.8 Å². The summed E-state index contributed by atoms with van der Waals surface area (Å²) in [6.07, 6.45) is 0. The van der Waals surface area contributed by atoms with Crippen molar-refractivity contribution in [3.05, 3.63) is 328 Å². The molecule has 0 radical (unpaired) electrons. The third-order valence-corrected chi connectivity index (χ3v) is 17.4. The van der Waals surface area contributed by atoms with E-state index in [4.69, 9.17) is 0 Å². The largest absolute Gasteiger partial charge is 0.0683 e. The smallest absolute Gasteiger partial charge is 0.00201 e. The first-order chi connectivity index (χ1) is 42.7. The Kier molecular flexibility index (Phi) is 13.5. The van der Waals surface area contributed by atoms with E-state index < -0.39 is 0 Å². The lowest BCUT2D eigenvalue weighted by Crippen LogP contribution is -1.92. The monoisotopic (exact) mass is 1090 g/mol. The van der Waals surface area contributed by atoms with E-state index in [-0.39, 0.29) is 0 Å². The predicted molar refractivity (Wildman–Crippen MR) is 374 cm³/mol. The highest BCUT2D eigenvalue weighted by atomic mass is 14.2. The zero-order valence-electron chi connectivity index (χ0n) is 48.2. The maximum atomic E-state index is 2.36. The maximum absolute atomic E-state index is 2.36. The average Bonchev–Trinajstić information content (AvgIpc) is 0.851. The molecule has 0 saturated carbocycles. The average molecular weight is 1090 g/mol. The molecule has 0 bridgehead atoms. The lowest BCUT2D eigenvalue weighted by molar-refractivity contribution is 1.50. The molecule has 0 aliphatic heterocycles. The fourth-order valence-corrected chi connectivity index (χ4v) is 13.6. The van der Waals surface area contributed by atoms with Gasteiger partial charge in [-0.2, -0.15) is 0 Å². The summed E-state index contributed by atoms with van der Waals surface area (Å²) in [6.45, 7) is 4.00. The first kappa shape index (κ1) is 51.9. The van der Waals surface area contributed by atoms with Gasteiger partial charge < -0.3 is 0 Å². The predicted octanol–water partition coefficient (Wildman–Crippen LogP) is 24.8. The van der Waals surface area contributed by atoms with Crippen LogP contribution in [0.5, 0.6) is 0 Å². The van der Waals surface area contributed by atoms with Gasteiger partial charge in [0.1, 0.15) is 0 Å². The molecule has 0 unspecified atom stereocenters. The standard InChI is InChI=1S/C44H28.C40H26.C2H6/c1-3-13-31-27-33(23-21-29(31)11-1)35-25-26-42(37-16-6-5-15-36(35)37)44-40-19-9-7-17-38(40)43(39-18-8-10-20-41(39)44)34-24-22-30-12-2-4-14-32(30)28-34;1-2-11-27(12-3-1)29-21-22-31-26-32(24-23-30(31)25-29)39-35-16-6-8-18-37(35)40(38-19-9-7-17-36(38)39)34-20-10-14-28-13-4-5-15-33(28)34;1-2/h1-28H;1-26H;1-2H3. The Morgan fingerprint density at radius 1 is 0.140 bits per heavy atom. The van der Waals surface area contributed by atoms with Gasteiger partial charge in [-0.15, -0.1) is 0 Å². The van der Waals surface area contributed by atoms with Crippen LogP contribution in [-0.4, -0.2) is 0 Å². The molecule has 0 amide bonds. The van der Waals surface area contributed by atoms with Crippen LogP contribution in [0.1, 0.15) is 13.8 Å². The quantitative estimate of drug-likeness (QED) is 0.146. The second-order valence-electron chi connectivity index (χ2n) is 22.2. The van der Waals surface area contributed by atoms with E-state index in [1.807, 2.05) is 13.8 Å². The van der Waals surface area contributed by atoms with Crippen LogP contribution >= 0.6 is 0 Å². The Morgan fingerprint density at radius 3 is 0.919 bits per heavy atom. The van der Waals surface area contributed by atoms with Crippen molar-refractivity contribution in [1.82, 2.24) is 0 Å². The van der Waals surface area contributed by atoms with Crippen LogP contribution in [0.3, 0.4) is 0 Å². The minimum Gasteiger partial charge on any atom is -0.0683 e. The van der Waals surface area contributed by atoms with Crippen LogP contribution in [0.2, 0.25) is 0 Å². The van der Waals surface area contributed by atoms with E-state index in [0.717, 1.165) is 0 Å². The normalized spacial score (nSPS) is 11.4. The Hall–Kier alpha value is -10.9. The van der Waals surface area contributed by atoms with Gasteiger partial charge in [0.25, 0.3) is 0 Å². The van der Waals surface area contributed by atoms with Gasteiger partial charge in [-0.25, -0.2) is 0 Å². The molecule has 0 aromatic heterocycles.